The Labute approximate surface area is 195 Å². The number of benzene rings is 2. The third-order valence-corrected chi connectivity index (χ3v) is 6.75. The predicted molar refractivity (Wildman–Crippen MR) is 126 cm³/mol. The Morgan fingerprint density at radius 2 is 1.73 bits per heavy atom. The van der Waals surface area contributed by atoms with Gasteiger partial charge < -0.3 is 18.7 Å². The molecule has 3 rings (SSSR count). The summed E-state index contributed by atoms with van der Waals surface area (Å²) in [6.07, 6.45) is 0.0452. The normalized spacial score (nSPS) is 11.7. The number of hydrogen-bond acceptors (Lipinski definition) is 7. The minimum Gasteiger partial charge on any atom is -0.491 e. The molecule has 0 aliphatic carbocycles. The Hall–Kier alpha value is -2.88. The monoisotopic (exact) mass is 474 g/mol. The largest absolute Gasteiger partial charge is 0.491 e. The Morgan fingerprint density at radius 3 is 2.33 bits per heavy atom. The first-order valence-electron chi connectivity index (χ1n) is 10.6. The van der Waals surface area contributed by atoms with Gasteiger partial charge in [-0.2, -0.15) is 0 Å². The van der Waals surface area contributed by atoms with E-state index in [1.807, 2.05) is 38.1 Å². The summed E-state index contributed by atoms with van der Waals surface area (Å²) >= 11 is 0. The number of methoxy groups -OCH3 is 1. The van der Waals surface area contributed by atoms with Crippen molar-refractivity contribution in [2.24, 2.45) is 0 Å². The number of anilines is 1. The molecule has 0 amide bonds. The highest BCUT2D eigenvalue weighted by Crippen LogP contribution is 2.34. The first kappa shape index (κ1) is 24.8. The summed E-state index contributed by atoms with van der Waals surface area (Å²) in [4.78, 5) is 0.131. The van der Waals surface area contributed by atoms with Crippen molar-refractivity contribution in [2.45, 2.75) is 38.7 Å². The van der Waals surface area contributed by atoms with E-state index in [2.05, 4.69) is 5.16 Å². The number of aromatic nitrogens is 1. The van der Waals surface area contributed by atoms with Crippen molar-refractivity contribution in [1.82, 2.24) is 5.16 Å². The van der Waals surface area contributed by atoms with Gasteiger partial charge in [0.05, 0.1) is 29.9 Å². The molecule has 33 heavy (non-hydrogen) atoms. The smallest absolute Gasteiger partial charge is 0.269 e. The molecule has 178 valence electrons. The molecule has 0 saturated carbocycles. The van der Waals surface area contributed by atoms with Crippen LogP contribution in [0.1, 0.15) is 25.1 Å². The highest BCUT2D eigenvalue weighted by atomic mass is 32.2. The number of sulfonamides is 1. The van der Waals surface area contributed by atoms with E-state index in [4.69, 9.17) is 18.7 Å². The number of aryl methyl sites for hydroxylation is 1. The van der Waals surface area contributed by atoms with E-state index in [0.29, 0.717) is 23.4 Å². The van der Waals surface area contributed by atoms with Crippen molar-refractivity contribution in [3.05, 3.63) is 59.8 Å². The van der Waals surface area contributed by atoms with Gasteiger partial charge in [-0.15, -0.1) is 0 Å². The standard InChI is InChI=1S/C24H30N2O6S/c1-17(2)31-21-12-10-20(11-13-21)22-8-6-7-9-23(22)33(27,28)26(16-30-15-14-29-5)24-18(3)19(4)25-32-24/h6-13,17H,14-16H2,1-5H3. The molecule has 0 radical (unpaired) electrons. The molecule has 0 spiro atoms. The molecule has 0 aliphatic heterocycles. The average molecular weight is 475 g/mol. The van der Waals surface area contributed by atoms with Crippen LogP contribution in [0.15, 0.2) is 57.9 Å². The third-order valence-electron chi connectivity index (χ3n) is 4.99. The Morgan fingerprint density at radius 1 is 1.03 bits per heavy atom. The molecule has 0 fully saturated rings. The molecule has 0 saturated heterocycles. The molecule has 2 aromatic carbocycles. The van der Waals surface area contributed by atoms with Gasteiger partial charge in [0.1, 0.15) is 12.5 Å². The van der Waals surface area contributed by atoms with Crippen LogP contribution in [-0.2, 0) is 19.5 Å². The van der Waals surface area contributed by atoms with E-state index in [-0.39, 0.29) is 30.2 Å². The van der Waals surface area contributed by atoms with Crippen molar-refractivity contribution >= 4 is 15.9 Å². The molecule has 3 aromatic rings. The third kappa shape index (κ3) is 5.73. The second kappa shape index (κ2) is 10.8. The van der Waals surface area contributed by atoms with Crippen LogP contribution >= 0.6 is 0 Å². The fourth-order valence-corrected chi connectivity index (χ4v) is 4.75. The minimum atomic E-state index is -4.06. The minimum absolute atomic E-state index is 0.0452. The molecule has 0 unspecified atom stereocenters. The highest BCUT2D eigenvalue weighted by Gasteiger charge is 2.32. The van der Waals surface area contributed by atoms with Gasteiger partial charge >= 0.3 is 0 Å². The molecule has 9 heteroatoms. The molecule has 1 heterocycles. The van der Waals surface area contributed by atoms with Crippen molar-refractivity contribution in [3.63, 3.8) is 0 Å². The van der Waals surface area contributed by atoms with E-state index in [9.17, 15) is 8.42 Å². The molecule has 0 aliphatic rings. The second-order valence-electron chi connectivity index (χ2n) is 7.77. The topological polar surface area (TPSA) is 91.1 Å². The first-order valence-corrected chi connectivity index (χ1v) is 12.1. The van der Waals surface area contributed by atoms with Crippen LogP contribution in [0.25, 0.3) is 11.1 Å². The quantitative estimate of drug-likeness (QED) is 0.297. The Balaban J connectivity index is 2.02. The first-order chi connectivity index (χ1) is 15.8. The maximum Gasteiger partial charge on any atom is 0.269 e. The van der Waals surface area contributed by atoms with E-state index < -0.39 is 10.0 Å². The van der Waals surface area contributed by atoms with Crippen LogP contribution in [0, 0.1) is 13.8 Å². The van der Waals surface area contributed by atoms with Gasteiger partial charge in [0, 0.05) is 18.2 Å². The lowest BCUT2D eigenvalue weighted by molar-refractivity contribution is 0.0744. The van der Waals surface area contributed by atoms with E-state index in [0.717, 1.165) is 15.6 Å². The lowest BCUT2D eigenvalue weighted by Gasteiger charge is -2.23. The van der Waals surface area contributed by atoms with Crippen LogP contribution in [0.3, 0.4) is 0 Å². The maximum atomic E-state index is 13.9. The number of hydrogen-bond donors (Lipinski definition) is 0. The van der Waals surface area contributed by atoms with Gasteiger partial charge in [-0.05, 0) is 51.5 Å². The zero-order valence-corrected chi connectivity index (χ0v) is 20.4. The zero-order valence-electron chi connectivity index (χ0n) is 19.6. The van der Waals surface area contributed by atoms with Crippen LogP contribution in [-0.4, -0.2) is 46.7 Å². The molecule has 0 atom stereocenters. The maximum absolute atomic E-state index is 13.9. The van der Waals surface area contributed by atoms with Gasteiger partial charge in [0.15, 0.2) is 0 Å². The summed E-state index contributed by atoms with van der Waals surface area (Å²) in [5, 5.41) is 3.93. The number of nitrogens with zero attached hydrogens (tertiary/aromatic N) is 2. The summed E-state index contributed by atoms with van der Waals surface area (Å²) in [6, 6.07) is 14.2. The van der Waals surface area contributed by atoms with Crippen LogP contribution in [0.2, 0.25) is 0 Å². The SMILES string of the molecule is COCCOCN(c1onc(C)c1C)S(=O)(=O)c1ccccc1-c1ccc(OC(C)C)cc1. The van der Waals surface area contributed by atoms with Crippen molar-refractivity contribution in [2.75, 3.05) is 31.4 Å². The molecule has 8 nitrogen and oxygen atoms in total. The molecule has 0 bridgehead atoms. The molecule has 1 aromatic heterocycles. The molecular formula is C24H30N2O6S. The van der Waals surface area contributed by atoms with Crippen LogP contribution in [0.4, 0.5) is 5.88 Å². The van der Waals surface area contributed by atoms with Crippen molar-refractivity contribution in [3.8, 4) is 16.9 Å². The Kier molecular flexibility index (Phi) is 8.12. The second-order valence-corrected chi connectivity index (χ2v) is 9.60. The van der Waals surface area contributed by atoms with E-state index >= 15 is 0 Å². The van der Waals surface area contributed by atoms with Gasteiger partial charge in [0.2, 0.25) is 5.88 Å². The Bertz CT molecular complexity index is 1160. The van der Waals surface area contributed by atoms with E-state index in [1.54, 1.807) is 45.2 Å². The van der Waals surface area contributed by atoms with Crippen molar-refractivity contribution < 1.29 is 27.2 Å². The van der Waals surface area contributed by atoms with E-state index in [1.165, 1.54) is 0 Å². The number of ether oxygens (including phenoxy) is 3. The molecular weight excluding hydrogens is 444 g/mol. The van der Waals surface area contributed by atoms with Gasteiger partial charge in [-0.1, -0.05) is 35.5 Å². The van der Waals surface area contributed by atoms with Crippen LogP contribution < -0.4 is 9.04 Å². The fraction of sp³-hybridized carbons (Fsp3) is 0.375. The fourth-order valence-electron chi connectivity index (χ4n) is 3.20. The van der Waals surface area contributed by atoms with Gasteiger partial charge in [-0.3, -0.25) is 0 Å². The lowest BCUT2D eigenvalue weighted by atomic mass is 10.1. The summed E-state index contributed by atoms with van der Waals surface area (Å²) in [7, 11) is -2.50. The summed E-state index contributed by atoms with van der Waals surface area (Å²) in [5.41, 5.74) is 2.54. The summed E-state index contributed by atoms with van der Waals surface area (Å²) < 4.78 is 50.5. The summed E-state index contributed by atoms with van der Waals surface area (Å²) in [6.45, 7) is 7.75. The number of rotatable bonds is 11. The lowest BCUT2D eigenvalue weighted by Crippen LogP contribution is -2.34. The predicted octanol–water partition coefficient (Wildman–Crippen LogP) is 4.56. The highest BCUT2D eigenvalue weighted by molar-refractivity contribution is 7.93. The molecule has 0 N–H and O–H groups in total. The van der Waals surface area contributed by atoms with Crippen LogP contribution in [0.5, 0.6) is 5.75 Å². The average Bonchev–Trinajstić information content (AvgIpc) is 3.12. The van der Waals surface area contributed by atoms with Gasteiger partial charge in [0.25, 0.3) is 10.0 Å². The zero-order chi connectivity index (χ0) is 24.0. The van der Waals surface area contributed by atoms with Gasteiger partial charge in [-0.25, -0.2) is 12.7 Å². The summed E-state index contributed by atoms with van der Waals surface area (Å²) in [5.74, 6) is 0.843. The van der Waals surface area contributed by atoms with Crippen molar-refractivity contribution in [1.29, 1.82) is 0 Å².